The van der Waals surface area contributed by atoms with Crippen LogP contribution in [0.5, 0.6) is 0 Å². The fraction of sp³-hybridized carbons (Fsp3) is 0.579. The number of carboxylic acid groups (broad SMARTS) is 1. The monoisotopic (exact) mass is 347 g/mol. The van der Waals surface area contributed by atoms with E-state index in [1.807, 2.05) is 32.0 Å². The molecule has 1 saturated heterocycles. The number of amides is 1. The molecule has 0 radical (unpaired) electrons. The maximum Gasteiger partial charge on any atom is 0.326 e. The van der Waals surface area contributed by atoms with Gasteiger partial charge in [0.25, 0.3) is 0 Å². The minimum Gasteiger partial charge on any atom is -0.480 e. The zero-order valence-corrected chi connectivity index (χ0v) is 15.1. The predicted octanol–water partition coefficient (Wildman–Crippen LogP) is 1.81. The first-order valence-electron chi connectivity index (χ1n) is 9.00. The number of carbonyl (C=O) groups excluding carboxylic acids is 1. The molecule has 0 saturated carbocycles. The number of nitrogens with zero attached hydrogens (tertiary/aromatic N) is 2. The third-order valence-corrected chi connectivity index (χ3v) is 4.49. The Kier molecular flexibility index (Phi) is 7.25. The fourth-order valence-electron chi connectivity index (χ4n) is 3.09. The molecular formula is C19H29N3O3. The Morgan fingerprint density at radius 3 is 2.32 bits per heavy atom. The van der Waals surface area contributed by atoms with Crippen LogP contribution >= 0.6 is 0 Å². The number of hydrogen-bond acceptors (Lipinski definition) is 4. The summed E-state index contributed by atoms with van der Waals surface area (Å²) < 4.78 is 0. The lowest BCUT2D eigenvalue weighted by molar-refractivity contribution is -0.142. The molecule has 25 heavy (non-hydrogen) atoms. The van der Waals surface area contributed by atoms with Crippen LogP contribution in [0, 0.1) is 5.92 Å². The van der Waals surface area contributed by atoms with Crippen molar-refractivity contribution in [2.24, 2.45) is 5.92 Å². The molecule has 1 aromatic carbocycles. The minimum absolute atomic E-state index is 0.182. The van der Waals surface area contributed by atoms with E-state index in [0.717, 1.165) is 26.2 Å². The van der Waals surface area contributed by atoms with E-state index in [1.54, 1.807) is 0 Å². The molecule has 1 aliphatic heterocycles. The Labute approximate surface area is 149 Å². The van der Waals surface area contributed by atoms with Crippen molar-refractivity contribution in [2.75, 3.05) is 37.6 Å². The molecule has 1 aromatic rings. The fourth-order valence-corrected chi connectivity index (χ4v) is 3.09. The van der Waals surface area contributed by atoms with Gasteiger partial charge < -0.3 is 15.3 Å². The van der Waals surface area contributed by atoms with Gasteiger partial charge in [-0.2, -0.15) is 0 Å². The van der Waals surface area contributed by atoms with Crippen LogP contribution in [0.4, 0.5) is 5.69 Å². The molecule has 0 unspecified atom stereocenters. The highest BCUT2D eigenvalue weighted by molar-refractivity contribution is 5.83. The molecule has 2 rings (SSSR count). The summed E-state index contributed by atoms with van der Waals surface area (Å²) >= 11 is 0. The van der Waals surface area contributed by atoms with Crippen molar-refractivity contribution in [1.82, 2.24) is 10.2 Å². The van der Waals surface area contributed by atoms with E-state index in [1.165, 1.54) is 5.69 Å². The number of piperazine rings is 1. The lowest BCUT2D eigenvalue weighted by Gasteiger charge is -2.36. The summed E-state index contributed by atoms with van der Waals surface area (Å²) in [7, 11) is 0. The summed E-state index contributed by atoms with van der Waals surface area (Å²) in [5.41, 5.74) is 1.23. The molecule has 0 bridgehead atoms. The van der Waals surface area contributed by atoms with Gasteiger partial charge in [-0.25, -0.2) is 4.79 Å². The van der Waals surface area contributed by atoms with Gasteiger partial charge >= 0.3 is 5.97 Å². The molecule has 0 spiro atoms. The summed E-state index contributed by atoms with van der Waals surface area (Å²) in [5, 5.41) is 11.8. The molecule has 6 heteroatoms. The Balaban J connectivity index is 1.71. The van der Waals surface area contributed by atoms with Crippen LogP contribution in [0.15, 0.2) is 30.3 Å². The van der Waals surface area contributed by atoms with E-state index in [2.05, 4.69) is 27.2 Å². The van der Waals surface area contributed by atoms with E-state index in [4.69, 9.17) is 0 Å². The first-order valence-corrected chi connectivity index (χ1v) is 9.00. The second kappa shape index (κ2) is 9.42. The quantitative estimate of drug-likeness (QED) is 0.750. The SMILES string of the molecule is CC(C)C[C@H](NC(=O)CCN1CCN(c2ccccc2)CC1)C(=O)O. The van der Waals surface area contributed by atoms with Crippen molar-refractivity contribution in [3.05, 3.63) is 30.3 Å². The summed E-state index contributed by atoms with van der Waals surface area (Å²) in [5.74, 6) is -0.912. The van der Waals surface area contributed by atoms with Crippen molar-refractivity contribution < 1.29 is 14.7 Å². The summed E-state index contributed by atoms with van der Waals surface area (Å²) in [6.07, 6.45) is 0.796. The van der Waals surface area contributed by atoms with Crippen molar-refractivity contribution >= 4 is 17.6 Å². The Hall–Kier alpha value is -2.08. The number of aliphatic carboxylic acids is 1. The first-order chi connectivity index (χ1) is 12.0. The van der Waals surface area contributed by atoms with Crippen LogP contribution in [0.2, 0.25) is 0 Å². The van der Waals surface area contributed by atoms with Crippen molar-refractivity contribution in [3.63, 3.8) is 0 Å². The maximum absolute atomic E-state index is 12.1. The zero-order chi connectivity index (χ0) is 18.2. The topological polar surface area (TPSA) is 72.9 Å². The van der Waals surface area contributed by atoms with Crippen molar-refractivity contribution in [3.8, 4) is 0 Å². The first kappa shape index (κ1) is 19.2. The second-order valence-electron chi connectivity index (χ2n) is 7.00. The van der Waals surface area contributed by atoms with Crippen LogP contribution in [0.25, 0.3) is 0 Å². The van der Waals surface area contributed by atoms with Crippen molar-refractivity contribution in [2.45, 2.75) is 32.7 Å². The van der Waals surface area contributed by atoms with Crippen LogP contribution in [0.1, 0.15) is 26.7 Å². The second-order valence-corrected chi connectivity index (χ2v) is 7.00. The number of benzene rings is 1. The smallest absolute Gasteiger partial charge is 0.326 e. The Morgan fingerprint density at radius 2 is 1.76 bits per heavy atom. The highest BCUT2D eigenvalue weighted by Gasteiger charge is 2.22. The van der Waals surface area contributed by atoms with E-state index in [0.29, 0.717) is 19.4 Å². The average Bonchev–Trinajstić information content (AvgIpc) is 2.60. The molecule has 1 atom stereocenters. The number of para-hydroxylation sites is 1. The van der Waals surface area contributed by atoms with Crippen LogP contribution < -0.4 is 10.2 Å². The molecule has 1 aliphatic rings. The molecule has 1 fully saturated rings. The number of anilines is 1. The highest BCUT2D eigenvalue weighted by Crippen LogP contribution is 2.15. The van der Waals surface area contributed by atoms with Gasteiger partial charge in [0.05, 0.1) is 0 Å². The largest absolute Gasteiger partial charge is 0.480 e. The normalized spacial score (nSPS) is 16.7. The molecular weight excluding hydrogens is 318 g/mol. The molecule has 0 aliphatic carbocycles. The van der Waals surface area contributed by atoms with Crippen LogP contribution in [-0.4, -0.2) is 60.6 Å². The van der Waals surface area contributed by atoms with E-state index >= 15 is 0 Å². The van der Waals surface area contributed by atoms with Crippen molar-refractivity contribution in [1.29, 1.82) is 0 Å². The molecule has 6 nitrogen and oxygen atoms in total. The standard InChI is InChI=1S/C19H29N3O3/c1-15(2)14-17(19(24)25)20-18(23)8-9-21-10-12-22(13-11-21)16-6-4-3-5-7-16/h3-7,15,17H,8-14H2,1-2H3,(H,20,23)(H,24,25)/t17-/m0/s1. The van der Waals surface area contributed by atoms with Crippen LogP contribution in [-0.2, 0) is 9.59 Å². The molecule has 138 valence electrons. The number of carbonyl (C=O) groups is 2. The van der Waals surface area contributed by atoms with E-state index in [-0.39, 0.29) is 11.8 Å². The highest BCUT2D eigenvalue weighted by atomic mass is 16.4. The van der Waals surface area contributed by atoms with Gasteiger partial charge in [-0.15, -0.1) is 0 Å². The summed E-state index contributed by atoms with van der Waals surface area (Å²) in [6.45, 7) is 8.28. The Morgan fingerprint density at radius 1 is 1.12 bits per heavy atom. The number of hydrogen-bond donors (Lipinski definition) is 2. The van der Waals surface area contributed by atoms with Gasteiger partial charge in [0.1, 0.15) is 6.04 Å². The van der Waals surface area contributed by atoms with Gasteiger partial charge in [-0.1, -0.05) is 32.0 Å². The lowest BCUT2D eigenvalue weighted by atomic mass is 10.0. The summed E-state index contributed by atoms with van der Waals surface area (Å²) in [6, 6.07) is 9.54. The van der Waals surface area contributed by atoms with Gasteiger partial charge in [0, 0.05) is 44.8 Å². The van der Waals surface area contributed by atoms with E-state index in [9.17, 15) is 14.7 Å². The Bertz CT molecular complexity index is 554. The van der Waals surface area contributed by atoms with E-state index < -0.39 is 12.0 Å². The average molecular weight is 347 g/mol. The maximum atomic E-state index is 12.1. The number of rotatable bonds is 8. The third kappa shape index (κ3) is 6.38. The summed E-state index contributed by atoms with van der Waals surface area (Å²) in [4.78, 5) is 27.9. The molecule has 1 amide bonds. The third-order valence-electron chi connectivity index (χ3n) is 4.49. The minimum atomic E-state index is -0.960. The van der Waals surface area contributed by atoms with Gasteiger partial charge in [0.2, 0.25) is 5.91 Å². The molecule has 1 heterocycles. The van der Waals surface area contributed by atoms with Crippen LogP contribution in [0.3, 0.4) is 0 Å². The number of carboxylic acids is 1. The molecule has 2 N–H and O–H groups in total. The predicted molar refractivity (Wildman–Crippen MR) is 98.7 cm³/mol. The zero-order valence-electron chi connectivity index (χ0n) is 15.1. The van der Waals surface area contributed by atoms with Gasteiger partial charge in [-0.3, -0.25) is 9.69 Å². The lowest BCUT2D eigenvalue weighted by Crippen LogP contribution is -2.48. The van der Waals surface area contributed by atoms with Gasteiger partial charge in [-0.05, 0) is 24.5 Å². The van der Waals surface area contributed by atoms with Gasteiger partial charge in [0.15, 0.2) is 0 Å². The molecule has 0 aromatic heterocycles. The number of nitrogens with one attached hydrogen (secondary N) is 1.